The topological polar surface area (TPSA) is 86.2 Å². The summed E-state index contributed by atoms with van der Waals surface area (Å²) in [4.78, 5) is 4.14. The lowest BCUT2D eigenvalue weighted by molar-refractivity contribution is -0.919. The lowest BCUT2D eigenvalue weighted by atomic mass is 10.3. The van der Waals surface area contributed by atoms with E-state index in [9.17, 15) is 0 Å². The lowest BCUT2D eigenvalue weighted by Crippen LogP contribution is -2.46. The van der Waals surface area contributed by atoms with Gasteiger partial charge in [-0.25, -0.2) is 4.98 Å². The molecule has 0 fully saturated rings. The molecule has 1 aromatic rings. The molecular formula is C13H26N5O+. The van der Waals surface area contributed by atoms with Gasteiger partial charge in [0.2, 0.25) is 0 Å². The summed E-state index contributed by atoms with van der Waals surface area (Å²) in [5.41, 5.74) is 12.5. The van der Waals surface area contributed by atoms with Gasteiger partial charge in [-0.2, -0.15) is 0 Å². The van der Waals surface area contributed by atoms with Gasteiger partial charge in [0.15, 0.2) is 6.23 Å². The Balaban J connectivity index is 2.38. The van der Waals surface area contributed by atoms with E-state index < -0.39 is 0 Å². The maximum absolute atomic E-state index is 5.86. The summed E-state index contributed by atoms with van der Waals surface area (Å²) in [5.74, 6) is 0.649. The number of pyridine rings is 1. The zero-order valence-electron chi connectivity index (χ0n) is 12.3. The summed E-state index contributed by atoms with van der Waals surface area (Å²) in [6.45, 7) is 3.40. The molecule has 1 heterocycles. The number of hydrogen-bond acceptors (Lipinski definition) is 5. The van der Waals surface area contributed by atoms with Crippen LogP contribution in [-0.2, 0) is 4.74 Å². The second kappa shape index (κ2) is 6.58. The second-order valence-corrected chi connectivity index (χ2v) is 5.48. The Morgan fingerprint density at radius 1 is 1.37 bits per heavy atom. The van der Waals surface area contributed by atoms with E-state index in [4.69, 9.17) is 16.2 Å². The Kier molecular flexibility index (Phi) is 5.38. The van der Waals surface area contributed by atoms with Crippen LogP contribution in [-0.4, -0.2) is 50.0 Å². The fourth-order valence-electron chi connectivity index (χ4n) is 1.90. The highest BCUT2D eigenvalue weighted by Gasteiger charge is 2.21. The number of ether oxygens (including phenoxy) is 1. The van der Waals surface area contributed by atoms with Crippen LogP contribution in [0, 0.1) is 0 Å². The van der Waals surface area contributed by atoms with Crippen LogP contribution in [0.3, 0.4) is 0 Å². The van der Waals surface area contributed by atoms with Crippen LogP contribution in [0.4, 0.5) is 17.2 Å². The maximum Gasteiger partial charge on any atom is 0.192 e. The minimum atomic E-state index is 0.193. The molecule has 0 aromatic carbocycles. The molecule has 0 saturated carbocycles. The number of nitrogens with zero attached hydrogens (tertiary/aromatic N) is 2. The number of quaternary nitrogens is 1. The molecule has 1 atom stereocenters. The highest BCUT2D eigenvalue weighted by atomic mass is 16.5. The first-order chi connectivity index (χ1) is 8.84. The smallest absolute Gasteiger partial charge is 0.192 e. The Bertz CT molecular complexity index is 403. The number of aromatic nitrogens is 1. The van der Waals surface area contributed by atoms with E-state index in [-0.39, 0.29) is 6.23 Å². The second-order valence-electron chi connectivity index (χ2n) is 5.48. The summed E-state index contributed by atoms with van der Waals surface area (Å²) < 4.78 is 6.65. The summed E-state index contributed by atoms with van der Waals surface area (Å²) in [6.07, 6.45) is 2.75. The highest BCUT2D eigenvalue weighted by Crippen LogP contribution is 2.17. The third-order valence-electron chi connectivity index (χ3n) is 2.86. The third-order valence-corrected chi connectivity index (χ3v) is 2.86. The van der Waals surface area contributed by atoms with Gasteiger partial charge in [-0.3, -0.25) is 0 Å². The first-order valence-electron chi connectivity index (χ1n) is 6.52. The largest absolute Gasteiger partial charge is 0.397 e. The zero-order valence-corrected chi connectivity index (χ0v) is 12.3. The van der Waals surface area contributed by atoms with Crippen LogP contribution in [0.15, 0.2) is 12.3 Å². The number of rotatable bonds is 7. The molecule has 0 radical (unpaired) electrons. The van der Waals surface area contributed by atoms with Crippen LogP contribution in [0.25, 0.3) is 0 Å². The van der Waals surface area contributed by atoms with Crippen LogP contribution in [0.5, 0.6) is 0 Å². The van der Waals surface area contributed by atoms with Crippen molar-refractivity contribution in [3.05, 3.63) is 12.3 Å². The molecular weight excluding hydrogens is 242 g/mol. The van der Waals surface area contributed by atoms with E-state index in [2.05, 4.69) is 38.4 Å². The van der Waals surface area contributed by atoms with Gasteiger partial charge in [0.05, 0.1) is 45.3 Å². The predicted octanol–water partition coefficient (Wildman–Crippen LogP) is 1.12. The van der Waals surface area contributed by atoms with Crippen molar-refractivity contribution in [3.63, 3.8) is 0 Å². The van der Waals surface area contributed by atoms with Gasteiger partial charge < -0.3 is 26.0 Å². The molecule has 6 heteroatoms. The van der Waals surface area contributed by atoms with Crippen molar-refractivity contribution < 1.29 is 9.22 Å². The summed E-state index contributed by atoms with van der Waals surface area (Å²) in [5, 5.41) is 3.15. The van der Waals surface area contributed by atoms with Gasteiger partial charge >= 0.3 is 0 Å². The average Bonchev–Trinajstić information content (AvgIpc) is 2.29. The van der Waals surface area contributed by atoms with Crippen molar-refractivity contribution in [2.24, 2.45) is 0 Å². The Morgan fingerprint density at radius 3 is 2.58 bits per heavy atom. The van der Waals surface area contributed by atoms with E-state index >= 15 is 0 Å². The molecule has 0 saturated heterocycles. The molecule has 1 aromatic heterocycles. The van der Waals surface area contributed by atoms with Gasteiger partial charge in [0.25, 0.3) is 0 Å². The van der Waals surface area contributed by atoms with Gasteiger partial charge in [-0.1, -0.05) is 6.92 Å². The fourth-order valence-corrected chi connectivity index (χ4v) is 1.90. The monoisotopic (exact) mass is 268 g/mol. The SMILES string of the molecule is CCC(OCCNc1ncc(N)cc1N)[N+](C)(C)C. The Morgan fingerprint density at radius 2 is 2.05 bits per heavy atom. The number of anilines is 3. The minimum Gasteiger partial charge on any atom is -0.397 e. The Hall–Kier alpha value is -1.53. The van der Waals surface area contributed by atoms with Crippen LogP contribution < -0.4 is 16.8 Å². The number of hydrogen-bond donors (Lipinski definition) is 3. The molecule has 1 unspecified atom stereocenters. The van der Waals surface area contributed by atoms with Crippen molar-refractivity contribution in [2.75, 3.05) is 51.1 Å². The first kappa shape index (κ1) is 15.5. The number of nitrogens with one attached hydrogen (secondary N) is 1. The third kappa shape index (κ3) is 4.92. The van der Waals surface area contributed by atoms with E-state index in [1.807, 2.05) is 0 Å². The van der Waals surface area contributed by atoms with Crippen LogP contribution in [0.1, 0.15) is 13.3 Å². The molecule has 0 amide bonds. The first-order valence-corrected chi connectivity index (χ1v) is 6.52. The number of nitrogen functional groups attached to an aromatic ring is 2. The van der Waals surface area contributed by atoms with E-state index in [1.54, 1.807) is 12.3 Å². The quantitative estimate of drug-likeness (QED) is 0.392. The van der Waals surface area contributed by atoms with Gasteiger partial charge in [0, 0.05) is 13.0 Å². The summed E-state index contributed by atoms with van der Waals surface area (Å²) in [6, 6.07) is 1.69. The standard InChI is InChI=1S/C13H26N5O/c1-5-12(18(2,3)4)19-7-6-16-13-11(15)8-10(14)9-17-13/h8-9,12H,5-7,14-15H2,1-4H3,(H,16,17)/q+1. The molecule has 0 aliphatic heterocycles. The molecule has 6 nitrogen and oxygen atoms in total. The Labute approximate surface area is 115 Å². The van der Waals surface area contributed by atoms with Crippen molar-refractivity contribution in [2.45, 2.75) is 19.6 Å². The molecule has 19 heavy (non-hydrogen) atoms. The molecule has 0 aliphatic rings. The molecule has 0 aliphatic carbocycles. The van der Waals surface area contributed by atoms with Crippen molar-refractivity contribution in [1.82, 2.24) is 4.98 Å². The molecule has 108 valence electrons. The van der Waals surface area contributed by atoms with Gasteiger partial charge in [-0.15, -0.1) is 0 Å². The number of nitrogens with two attached hydrogens (primary N) is 2. The van der Waals surface area contributed by atoms with Crippen LogP contribution >= 0.6 is 0 Å². The average molecular weight is 268 g/mol. The van der Waals surface area contributed by atoms with Crippen LogP contribution in [0.2, 0.25) is 0 Å². The van der Waals surface area contributed by atoms with Gasteiger partial charge in [0.1, 0.15) is 5.82 Å². The van der Waals surface area contributed by atoms with E-state index in [0.29, 0.717) is 30.3 Å². The highest BCUT2D eigenvalue weighted by molar-refractivity contribution is 5.65. The van der Waals surface area contributed by atoms with Crippen molar-refractivity contribution in [3.8, 4) is 0 Å². The zero-order chi connectivity index (χ0) is 14.5. The predicted molar refractivity (Wildman–Crippen MR) is 79.6 cm³/mol. The maximum atomic E-state index is 5.86. The molecule has 0 spiro atoms. The summed E-state index contributed by atoms with van der Waals surface area (Å²) in [7, 11) is 6.38. The van der Waals surface area contributed by atoms with E-state index in [0.717, 1.165) is 10.9 Å². The fraction of sp³-hybridized carbons (Fsp3) is 0.615. The molecule has 5 N–H and O–H groups in total. The summed E-state index contributed by atoms with van der Waals surface area (Å²) >= 11 is 0. The minimum absolute atomic E-state index is 0.193. The van der Waals surface area contributed by atoms with E-state index in [1.165, 1.54) is 0 Å². The molecule has 1 rings (SSSR count). The molecule has 0 bridgehead atoms. The lowest BCUT2D eigenvalue weighted by Gasteiger charge is -2.33. The normalized spacial score (nSPS) is 13.3. The van der Waals surface area contributed by atoms with Gasteiger partial charge in [-0.05, 0) is 6.07 Å². The van der Waals surface area contributed by atoms with Crippen molar-refractivity contribution >= 4 is 17.2 Å². The van der Waals surface area contributed by atoms with Crippen molar-refractivity contribution in [1.29, 1.82) is 0 Å².